The fourth-order valence-corrected chi connectivity index (χ4v) is 2.29. The summed E-state index contributed by atoms with van der Waals surface area (Å²) in [7, 11) is 1.40. The highest BCUT2D eigenvalue weighted by atomic mass is 16.6. The Morgan fingerprint density at radius 3 is 2.63 bits per heavy atom. The molecule has 0 aromatic rings. The van der Waals surface area contributed by atoms with Crippen LogP contribution in [0.1, 0.15) is 33.6 Å². The average Bonchev–Trinajstić information content (AvgIpc) is 2.74. The molecule has 0 saturated carbocycles. The Balaban J connectivity index is 2.41. The van der Waals surface area contributed by atoms with Crippen LogP contribution in [-0.4, -0.2) is 55.3 Å². The number of carbonyl (C=O) groups excluding carboxylic acids is 2. The van der Waals surface area contributed by atoms with Crippen LogP contribution in [0, 0.1) is 0 Å². The van der Waals surface area contributed by atoms with Gasteiger partial charge in [-0.2, -0.15) is 0 Å². The van der Waals surface area contributed by atoms with Gasteiger partial charge < -0.3 is 14.8 Å². The molecule has 1 saturated heterocycles. The van der Waals surface area contributed by atoms with Gasteiger partial charge in [0, 0.05) is 12.6 Å². The summed E-state index contributed by atoms with van der Waals surface area (Å²) in [6.07, 6.45) is 1.23. The number of alkyl carbamates (subject to hydrolysis) is 1. The van der Waals surface area contributed by atoms with E-state index in [9.17, 15) is 9.59 Å². The first kappa shape index (κ1) is 15.8. The molecule has 110 valence electrons. The number of rotatable bonds is 5. The Hall–Kier alpha value is -1.30. The van der Waals surface area contributed by atoms with Crippen molar-refractivity contribution < 1.29 is 19.1 Å². The van der Waals surface area contributed by atoms with Gasteiger partial charge in [0.2, 0.25) is 0 Å². The lowest BCUT2D eigenvalue weighted by atomic mass is 10.2. The lowest BCUT2D eigenvalue weighted by Crippen LogP contribution is -2.46. The van der Waals surface area contributed by atoms with E-state index in [2.05, 4.69) is 5.32 Å². The van der Waals surface area contributed by atoms with Gasteiger partial charge in [-0.1, -0.05) is 0 Å². The van der Waals surface area contributed by atoms with Crippen LogP contribution in [0.25, 0.3) is 0 Å². The number of hydrogen-bond donors (Lipinski definition) is 1. The van der Waals surface area contributed by atoms with E-state index in [-0.39, 0.29) is 24.2 Å². The van der Waals surface area contributed by atoms with Crippen LogP contribution >= 0.6 is 0 Å². The summed E-state index contributed by atoms with van der Waals surface area (Å²) in [5.41, 5.74) is 0. The highest BCUT2D eigenvalue weighted by molar-refractivity contribution is 5.76. The van der Waals surface area contributed by atoms with Gasteiger partial charge in [-0.05, 0) is 40.2 Å². The number of carbonyl (C=O) groups is 2. The van der Waals surface area contributed by atoms with Crippen LogP contribution in [0.2, 0.25) is 0 Å². The number of hydrogen-bond acceptors (Lipinski definition) is 5. The predicted molar refractivity (Wildman–Crippen MR) is 70.8 cm³/mol. The fraction of sp³-hybridized carbons (Fsp3) is 0.846. The summed E-state index contributed by atoms with van der Waals surface area (Å²) in [5.74, 6) is -0.200. The third-order valence-corrected chi connectivity index (χ3v) is 3.05. The van der Waals surface area contributed by atoms with Gasteiger partial charge in [-0.3, -0.25) is 9.69 Å². The second-order valence-corrected chi connectivity index (χ2v) is 5.18. The largest absolute Gasteiger partial charge is 0.468 e. The van der Waals surface area contributed by atoms with E-state index < -0.39 is 6.09 Å². The Morgan fingerprint density at radius 1 is 1.37 bits per heavy atom. The van der Waals surface area contributed by atoms with Crippen molar-refractivity contribution in [2.75, 3.05) is 20.2 Å². The van der Waals surface area contributed by atoms with Crippen LogP contribution in [0.4, 0.5) is 4.79 Å². The van der Waals surface area contributed by atoms with Gasteiger partial charge in [-0.15, -0.1) is 0 Å². The number of esters is 1. The molecule has 19 heavy (non-hydrogen) atoms. The van der Waals surface area contributed by atoms with Gasteiger partial charge in [0.25, 0.3) is 0 Å². The third kappa shape index (κ3) is 5.06. The molecule has 0 aromatic carbocycles. The Morgan fingerprint density at radius 2 is 2.05 bits per heavy atom. The molecule has 1 fully saturated rings. The summed E-state index contributed by atoms with van der Waals surface area (Å²) in [5, 5.41) is 2.76. The number of amides is 1. The molecule has 1 aliphatic heterocycles. The van der Waals surface area contributed by atoms with Crippen molar-refractivity contribution in [1.29, 1.82) is 0 Å². The average molecular weight is 272 g/mol. The van der Waals surface area contributed by atoms with Gasteiger partial charge in [0.1, 0.15) is 6.04 Å². The third-order valence-electron chi connectivity index (χ3n) is 3.05. The minimum Gasteiger partial charge on any atom is -0.468 e. The Labute approximate surface area is 114 Å². The topological polar surface area (TPSA) is 67.9 Å². The van der Waals surface area contributed by atoms with Crippen molar-refractivity contribution in [3.8, 4) is 0 Å². The Bertz CT molecular complexity index is 320. The van der Waals surface area contributed by atoms with Gasteiger partial charge in [-0.25, -0.2) is 4.79 Å². The van der Waals surface area contributed by atoms with Crippen LogP contribution < -0.4 is 5.32 Å². The van der Waals surface area contributed by atoms with Crippen molar-refractivity contribution >= 4 is 12.1 Å². The minimum absolute atomic E-state index is 0.0727. The maximum absolute atomic E-state index is 11.6. The number of likely N-dealkylation sites (tertiary alicyclic amines) is 1. The molecule has 1 amide bonds. The van der Waals surface area contributed by atoms with E-state index in [0.29, 0.717) is 6.54 Å². The van der Waals surface area contributed by atoms with Gasteiger partial charge in [0.05, 0.1) is 13.2 Å². The normalized spacial score (nSPS) is 21.2. The lowest BCUT2D eigenvalue weighted by molar-refractivity contribution is -0.145. The van der Waals surface area contributed by atoms with E-state index in [0.717, 1.165) is 19.4 Å². The molecule has 0 radical (unpaired) electrons. The van der Waals surface area contributed by atoms with Crippen molar-refractivity contribution in [2.24, 2.45) is 0 Å². The zero-order chi connectivity index (χ0) is 14.4. The standard InChI is InChI=1S/C13H24N2O4/c1-9(2)19-13(17)14-10(3)8-15-7-5-6-11(15)12(16)18-4/h9-11H,5-8H2,1-4H3,(H,14,17). The van der Waals surface area contributed by atoms with Crippen LogP contribution in [0.3, 0.4) is 0 Å². The molecule has 2 unspecified atom stereocenters. The van der Waals surface area contributed by atoms with E-state index >= 15 is 0 Å². The molecule has 1 rings (SSSR count). The summed E-state index contributed by atoms with van der Waals surface area (Å²) in [6, 6.07) is -0.258. The molecule has 0 spiro atoms. The fourth-order valence-electron chi connectivity index (χ4n) is 2.29. The zero-order valence-electron chi connectivity index (χ0n) is 12.1. The SMILES string of the molecule is COC(=O)C1CCCN1CC(C)NC(=O)OC(C)C. The molecular weight excluding hydrogens is 248 g/mol. The first-order valence-electron chi connectivity index (χ1n) is 6.73. The van der Waals surface area contributed by atoms with E-state index in [1.165, 1.54) is 7.11 Å². The van der Waals surface area contributed by atoms with Crippen molar-refractivity contribution in [3.05, 3.63) is 0 Å². The second kappa shape index (κ2) is 7.33. The first-order valence-corrected chi connectivity index (χ1v) is 6.73. The molecule has 6 heteroatoms. The quantitative estimate of drug-likeness (QED) is 0.760. The summed E-state index contributed by atoms with van der Waals surface area (Å²) in [4.78, 5) is 25.1. The van der Waals surface area contributed by atoms with Gasteiger partial charge in [0.15, 0.2) is 0 Å². The molecule has 1 N–H and O–H groups in total. The summed E-state index contributed by atoms with van der Waals surface area (Å²) in [6.45, 7) is 6.97. The molecule has 0 aliphatic carbocycles. The summed E-state index contributed by atoms with van der Waals surface area (Å²) >= 11 is 0. The number of nitrogens with zero attached hydrogens (tertiary/aromatic N) is 1. The molecule has 0 aromatic heterocycles. The molecule has 1 aliphatic rings. The van der Waals surface area contributed by atoms with E-state index in [1.807, 2.05) is 11.8 Å². The van der Waals surface area contributed by atoms with Crippen LogP contribution in [0.15, 0.2) is 0 Å². The van der Waals surface area contributed by atoms with Crippen molar-refractivity contribution in [3.63, 3.8) is 0 Å². The zero-order valence-corrected chi connectivity index (χ0v) is 12.1. The number of ether oxygens (including phenoxy) is 2. The molecule has 0 bridgehead atoms. The van der Waals surface area contributed by atoms with E-state index in [4.69, 9.17) is 9.47 Å². The van der Waals surface area contributed by atoms with E-state index in [1.54, 1.807) is 13.8 Å². The van der Waals surface area contributed by atoms with Crippen molar-refractivity contribution in [1.82, 2.24) is 10.2 Å². The maximum Gasteiger partial charge on any atom is 0.407 e. The highest BCUT2D eigenvalue weighted by Crippen LogP contribution is 2.18. The number of nitrogens with one attached hydrogen (secondary N) is 1. The number of methoxy groups -OCH3 is 1. The second-order valence-electron chi connectivity index (χ2n) is 5.18. The molecule has 6 nitrogen and oxygen atoms in total. The summed E-state index contributed by atoms with van der Waals surface area (Å²) < 4.78 is 9.81. The predicted octanol–water partition coefficient (Wildman–Crippen LogP) is 1.15. The van der Waals surface area contributed by atoms with Crippen LogP contribution in [-0.2, 0) is 14.3 Å². The Kier molecular flexibility index (Phi) is 6.08. The molecular formula is C13H24N2O4. The first-order chi connectivity index (χ1) is 8.93. The lowest BCUT2D eigenvalue weighted by Gasteiger charge is -2.26. The monoisotopic (exact) mass is 272 g/mol. The van der Waals surface area contributed by atoms with Crippen LogP contribution in [0.5, 0.6) is 0 Å². The maximum atomic E-state index is 11.6. The molecule has 2 atom stereocenters. The minimum atomic E-state index is -0.420. The molecule has 1 heterocycles. The van der Waals surface area contributed by atoms with Crippen molar-refractivity contribution in [2.45, 2.75) is 51.8 Å². The smallest absolute Gasteiger partial charge is 0.407 e. The highest BCUT2D eigenvalue weighted by Gasteiger charge is 2.32. The van der Waals surface area contributed by atoms with Gasteiger partial charge >= 0.3 is 12.1 Å².